The van der Waals surface area contributed by atoms with E-state index >= 15 is 0 Å². The lowest BCUT2D eigenvalue weighted by Gasteiger charge is -2.42. The summed E-state index contributed by atoms with van der Waals surface area (Å²) in [7, 11) is 0. The number of nitrogens with one attached hydrogen (secondary N) is 1. The first-order valence-electron chi connectivity index (χ1n) is 6.46. The standard InChI is InChI=1S/C13H27N/c1-4-6-7-9-13(3)10-8-11-14-12(13)5-2/h12,14H,4-11H2,1-3H3. The van der Waals surface area contributed by atoms with Gasteiger partial charge in [-0.1, -0.05) is 40.0 Å². The molecule has 0 aliphatic carbocycles. The molecule has 1 heteroatoms. The molecule has 1 aliphatic rings. The molecule has 84 valence electrons. The molecule has 1 heterocycles. The van der Waals surface area contributed by atoms with Crippen LogP contribution in [-0.4, -0.2) is 12.6 Å². The Balaban J connectivity index is 2.41. The van der Waals surface area contributed by atoms with Gasteiger partial charge in [0.25, 0.3) is 0 Å². The zero-order valence-electron chi connectivity index (χ0n) is 10.2. The highest BCUT2D eigenvalue weighted by Gasteiger charge is 2.34. The first kappa shape index (κ1) is 12.0. The normalized spacial score (nSPS) is 33.2. The van der Waals surface area contributed by atoms with Gasteiger partial charge in [0.05, 0.1) is 0 Å². The Bertz CT molecular complexity index is 155. The van der Waals surface area contributed by atoms with Crippen LogP contribution in [0.2, 0.25) is 0 Å². The van der Waals surface area contributed by atoms with Crippen molar-refractivity contribution < 1.29 is 0 Å². The molecular formula is C13H27N. The van der Waals surface area contributed by atoms with E-state index in [2.05, 4.69) is 26.1 Å². The molecule has 0 amide bonds. The topological polar surface area (TPSA) is 12.0 Å². The van der Waals surface area contributed by atoms with Crippen LogP contribution in [0.4, 0.5) is 0 Å². The first-order valence-corrected chi connectivity index (χ1v) is 6.46. The van der Waals surface area contributed by atoms with E-state index < -0.39 is 0 Å². The largest absolute Gasteiger partial charge is 0.313 e. The van der Waals surface area contributed by atoms with E-state index in [1.165, 1.54) is 51.5 Å². The average molecular weight is 197 g/mol. The van der Waals surface area contributed by atoms with Gasteiger partial charge in [-0.15, -0.1) is 0 Å². The fourth-order valence-corrected chi connectivity index (χ4v) is 2.90. The Morgan fingerprint density at radius 2 is 2.07 bits per heavy atom. The van der Waals surface area contributed by atoms with Crippen LogP contribution >= 0.6 is 0 Å². The van der Waals surface area contributed by atoms with E-state index in [0.717, 1.165) is 6.04 Å². The number of unbranched alkanes of at least 4 members (excludes halogenated alkanes) is 2. The van der Waals surface area contributed by atoms with Gasteiger partial charge in [0.15, 0.2) is 0 Å². The fourth-order valence-electron chi connectivity index (χ4n) is 2.90. The number of piperidine rings is 1. The maximum absolute atomic E-state index is 3.69. The molecule has 14 heavy (non-hydrogen) atoms. The molecule has 0 saturated carbocycles. The molecule has 0 bridgehead atoms. The predicted octanol–water partition coefficient (Wildman–Crippen LogP) is 3.74. The number of hydrogen-bond acceptors (Lipinski definition) is 1. The fraction of sp³-hybridized carbons (Fsp3) is 1.00. The van der Waals surface area contributed by atoms with E-state index in [1.807, 2.05) is 0 Å². The SMILES string of the molecule is CCCCCC1(C)CCCNC1CC. The van der Waals surface area contributed by atoms with Gasteiger partial charge in [0.1, 0.15) is 0 Å². The minimum Gasteiger partial charge on any atom is -0.313 e. The van der Waals surface area contributed by atoms with Crippen molar-refractivity contribution in [3.05, 3.63) is 0 Å². The maximum Gasteiger partial charge on any atom is 0.0118 e. The first-order chi connectivity index (χ1) is 6.73. The van der Waals surface area contributed by atoms with Crippen molar-refractivity contribution in [3.63, 3.8) is 0 Å². The van der Waals surface area contributed by atoms with Crippen molar-refractivity contribution >= 4 is 0 Å². The van der Waals surface area contributed by atoms with Crippen LogP contribution in [0.3, 0.4) is 0 Å². The number of rotatable bonds is 5. The van der Waals surface area contributed by atoms with Gasteiger partial charge in [-0.05, 0) is 37.6 Å². The average Bonchev–Trinajstić information content (AvgIpc) is 2.19. The minimum atomic E-state index is 0.585. The number of hydrogen-bond donors (Lipinski definition) is 1. The Kier molecular flexibility index (Phi) is 4.94. The zero-order chi connectivity index (χ0) is 10.4. The van der Waals surface area contributed by atoms with E-state index in [9.17, 15) is 0 Å². The summed E-state index contributed by atoms with van der Waals surface area (Å²) in [4.78, 5) is 0. The summed E-state index contributed by atoms with van der Waals surface area (Å²) < 4.78 is 0. The molecule has 0 spiro atoms. The van der Waals surface area contributed by atoms with Crippen molar-refractivity contribution in [2.75, 3.05) is 6.54 Å². The van der Waals surface area contributed by atoms with Crippen molar-refractivity contribution in [3.8, 4) is 0 Å². The van der Waals surface area contributed by atoms with Gasteiger partial charge in [-0.3, -0.25) is 0 Å². The van der Waals surface area contributed by atoms with Gasteiger partial charge in [0, 0.05) is 6.04 Å². The van der Waals surface area contributed by atoms with Crippen LogP contribution in [0.25, 0.3) is 0 Å². The molecule has 2 atom stereocenters. The van der Waals surface area contributed by atoms with E-state index in [1.54, 1.807) is 0 Å². The molecule has 1 nitrogen and oxygen atoms in total. The van der Waals surface area contributed by atoms with Gasteiger partial charge < -0.3 is 5.32 Å². The molecule has 1 rings (SSSR count). The highest BCUT2D eigenvalue weighted by Crippen LogP contribution is 2.37. The molecule has 0 aromatic carbocycles. The predicted molar refractivity (Wildman–Crippen MR) is 63.6 cm³/mol. The summed E-state index contributed by atoms with van der Waals surface area (Å²) in [5, 5.41) is 3.69. The lowest BCUT2D eigenvalue weighted by molar-refractivity contribution is 0.135. The van der Waals surface area contributed by atoms with Crippen LogP contribution < -0.4 is 5.32 Å². The maximum atomic E-state index is 3.69. The summed E-state index contributed by atoms with van der Waals surface area (Å²) >= 11 is 0. The Morgan fingerprint density at radius 1 is 1.29 bits per heavy atom. The Morgan fingerprint density at radius 3 is 2.71 bits per heavy atom. The van der Waals surface area contributed by atoms with Crippen molar-refractivity contribution in [2.45, 2.75) is 71.8 Å². The summed E-state index contributed by atoms with van der Waals surface area (Å²) in [5.74, 6) is 0. The highest BCUT2D eigenvalue weighted by molar-refractivity contribution is 4.90. The van der Waals surface area contributed by atoms with Gasteiger partial charge in [-0.2, -0.15) is 0 Å². The van der Waals surface area contributed by atoms with Crippen molar-refractivity contribution in [1.82, 2.24) is 5.32 Å². The smallest absolute Gasteiger partial charge is 0.0118 e. The Labute approximate surface area is 89.7 Å². The monoisotopic (exact) mass is 197 g/mol. The lowest BCUT2D eigenvalue weighted by atomic mass is 9.71. The lowest BCUT2D eigenvalue weighted by Crippen LogP contribution is -2.47. The molecule has 1 N–H and O–H groups in total. The molecule has 2 unspecified atom stereocenters. The zero-order valence-corrected chi connectivity index (χ0v) is 10.2. The van der Waals surface area contributed by atoms with Crippen LogP contribution in [0.1, 0.15) is 65.7 Å². The molecule has 0 radical (unpaired) electrons. The second-order valence-corrected chi connectivity index (χ2v) is 5.13. The summed E-state index contributed by atoms with van der Waals surface area (Å²) in [5.41, 5.74) is 0.585. The quantitative estimate of drug-likeness (QED) is 0.662. The van der Waals surface area contributed by atoms with Gasteiger partial charge >= 0.3 is 0 Å². The second-order valence-electron chi connectivity index (χ2n) is 5.13. The summed E-state index contributed by atoms with van der Waals surface area (Å²) in [6.07, 6.45) is 9.70. The van der Waals surface area contributed by atoms with E-state index in [0.29, 0.717) is 5.41 Å². The Hall–Kier alpha value is -0.0400. The van der Waals surface area contributed by atoms with Gasteiger partial charge in [0.2, 0.25) is 0 Å². The van der Waals surface area contributed by atoms with E-state index in [4.69, 9.17) is 0 Å². The molecule has 1 aliphatic heterocycles. The summed E-state index contributed by atoms with van der Waals surface area (Å²) in [6, 6.07) is 0.771. The third-order valence-electron chi connectivity index (χ3n) is 3.92. The van der Waals surface area contributed by atoms with Crippen LogP contribution in [-0.2, 0) is 0 Å². The van der Waals surface area contributed by atoms with Crippen molar-refractivity contribution in [1.29, 1.82) is 0 Å². The molecule has 0 aromatic rings. The third-order valence-corrected chi connectivity index (χ3v) is 3.92. The highest BCUT2D eigenvalue weighted by atomic mass is 14.9. The van der Waals surface area contributed by atoms with Crippen LogP contribution in [0, 0.1) is 5.41 Å². The van der Waals surface area contributed by atoms with Gasteiger partial charge in [-0.25, -0.2) is 0 Å². The second kappa shape index (κ2) is 5.75. The van der Waals surface area contributed by atoms with Crippen LogP contribution in [0.15, 0.2) is 0 Å². The van der Waals surface area contributed by atoms with Crippen LogP contribution in [0.5, 0.6) is 0 Å². The van der Waals surface area contributed by atoms with E-state index in [-0.39, 0.29) is 0 Å². The summed E-state index contributed by atoms with van der Waals surface area (Å²) in [6.45, 7) is 8.34. The molecule has 0 aromatic heterocycles. The third kappa shape index (κ3) is 2.98. The molecule has 1 saturated heterocycles. The molecular weight excluding hydrogens is 170 g/mol. The van der Waals surface area contributed by atoms with Crippen molar-refractivity contribution in [2.24, 2.45) is 5.41 Å². The molecule has 1 fully saturated rings. The minimum absolute atomic E-state index is 0.585.